The number of nitrogens with zero attached hydrogens (tertiary/aromatic N) is 1. The number of carbonyl (C=O) groups is 1. The van der Waals surface area contributed by atoms with Gasteiger partial charge in [0.15, 0.2) is 12.0 Å². The van der Waals surface area contributed by atoms with E-state index in [4.69, 9.17) is 15.2 Å². The quantitative estimate of drug-likeness (QED) is 0.538. The van der Waals surface area contributed by atoms with E-state index in [0.29, 0.717) is 0 Å². The summed E-state index contributed by atoms with van der Waals surface area (Å²) in [6, 6.07) is 0. The third kappa shape index (κ3) is 2.14. The van der Waals surface area contributed by atoms with E-state index in [9.17, 15) is 15.0 Å². The van der Waals surface area contributed by atoms with Gasteiger partial charge >= 0.3 is 0 Å². The molecule has 1 amide bonds. The van der Waals surface area contributed by atoms with Gasteiger partial charge in [-0.25, -0.2) is 0 Å². The van der Waals surface area contributed by atoms with E-state index < -0.39 is 36.0 Å². The highest BCUT2D eigenvalue weighted by Gasteiger charge is 2.63. The van der Waals surface area contributed by atoms with Crippen molar-refractivity contribution in [3.63, 3.8) is 0 Å². The number of ether oxygens (including phenoxy) is 2. The van der Waals surface area contributed by atoms with Crippen LogP contribution in [0.1, 0.15) is 13.8 Å². The van der Waals surface area contributed by atoms with E-state index in [1.807, 2.05) is 0 Å². The predicted octanol–water partition coefficient (Wildman–Crippen LogP) is -1.38. The Morgan fingerprint density at radius 2 is 2.33 bits per heavy atom. The number of hydrogen-bond donors (Lipinski definition) is 3. The number of hydrogen-bond acceptors (Lipinski definition) is 6. The van der Waals surface area contributed by atoms with Crippen LogP contribution in [0.3, 0.4) is 0 Å². The summed E-state index contributed by atoms with van der Waals surface area (Å²) in [6.45, 7) is 2.94. The number of primary amides is 1. The Bertz CT molecular complexity index is 370. The summed E-state index contributed by atoms with van der Waals surface area (Å²) in [7, 11) is 0. The van der Waals surface area contributed by atoms with E-state index >= 15 is 0 Å². The number of carbonyl (C=O) groups excluding carboxylic acids is 1. The molecule has 2 rings (SSSR count). The number of fused-ring (bicyclic) bond motifs is 1. The first-order valence-corrected chi connectivity index (χ1v) is 5.86. The van der Waals surface area contributed by atoms with Gasteiger partial charge in [-0.05, 0) is 13.8 Å². The average Bonchev–Trinajstić information content (AvgIpc) is 2.59. The third-order valence-electron chi connectivity index (χ3n) is 3.43. The lowest BCUT2D eigenvalue weighted by Crippen LogP contribution is -2.61. The molecule has 6 atom stereocenters. The molecular weight excluding hydrogens is 240 g/mol. The molecule has 0 saturated carbocycles. The fourth-order valence-electron chi connectivity index (χ4n) is 2.36. The van der Waals surface area contributed by atoms with Gasteiger partial charge in [0, 0.05) is 6.21 Å². The minimum absolute atomic E-state index is 0.210. The molecule has 0 aliphatic carbocycles. The van der Waals surface area contributed by atoms with Crippen LogP contribution in [0.5, 0.6) is 0 Å². The number of aliphatic hydroxyl groups is 2. The maximum absolute atomic E-state index is 10.9. The van der Waals surface area contributed by atoms with Crippen LogP contribution in [-0.2, 0) is 14.3 Å². The maximum atomic E-state index is 10.9. The Hall–Kier alpha value is -1.02. The zero-order valence-corrected chi connectivity index (χ0v) is 10.3. The van der Waals surface area contributed by atoms with Gasteiger partial charge in [-0.3, -0.25) is 9.79 Å². The van der Waals surface area contributed by atoms with E-state index in [0.717, 1.165) is 0 Å². The molecule has 2 saturated heterocycles. The summed E-state index contributed by atoms with van der Waals surface area (Å²) in [6.07, 6.45) is -0.118. The molecule has 0 spiro atoms. The molecule has 0 aromatic heterocycles. The third-order valence-corrected chi connectivity index (χ3v) is 3.43. The minimum Gasteiger partial charge on any atom is -0.394 e. The molecule has 4 N–H and O–H groups in total. The van der Waals surface area contributed by atoms with Crippen LogP contribution >= 0.6 is 0 Å². The lowest BCUT2D eigenvalue weighted by atomic mass is 9.84. The minimum atomic E-state index is -1.29. The highest BCUT2D eigenvalue weighted by Crippen LogP contribution is 2.47. The molecule has 0 aromatic carbocycles. The second-order valence-corrected chi connectivity index (χ2v) is 4.90. The highest BCUT2D eigenvalue weighted by molar-refractivity contribution is 5.91. The largest absolute Gasteiger partial charge is 0.394 e. The molecule has 2 aliphatic rings. The van der Waals surface area contributed by atoms with Crippen molar-refractivity contribution in [2.24, 2.45) is 22.6 Å². The summed E-state index contributed by atoms with van der Waals surface area (Å²) in [4.78, 5) is 15.0. The summed E-state index contributed by atoms with van der Waals surface area (Å²) in [5.41, 5.74) is 5.11. The van der Waals surface area contributed by atoms with Gasteiger partial charge in [-0.1, -0.05) is 0 Å². The number of amides is 1. The van der Waals surface area contributed by atoms with Gasteiger partial charge in [0.05, 0.1) is 24.5 Å². The van der Waals surface area contributed by atoms with E-state index in [1.165, 1.54) is 13.1 Å². The van der Waals surface area contributed by atoms with Crippen molar-refractivity contribution in [2.45, 2.75) is 38.1 Å². The topological polar surface area (TPSA) is 114 Å². The molecule has 2 heterocycles. The highest BCUT2D eigenvalue weighted by atomic mass is 16.7. The molecule has 2 aliphatic heterocycles. The Balaban J connectivity index is 2.03. The molecule has 2 fully saturated rings. The molecule has 7 heteroatoms. The first-order chi connectivity index (χ1) is 8.36. The summed E-state index contributed by atoms with van der Waals surface area (Å²) in [5.74, 6) is -2.58. The van der Waals surface area contributed by atoms with Gasteiger partial charge in [0.1, 0.15) is 6.10 Å². The molecule has 0 aromatic rings. The van der Waals surface area contributed by atoms with Crippen LogP contribution in [0.25, 0.3) is 0 Å². The van der Waals surface area contributed by atoms with Crippen LogP contribution in [0.2, 0.25) is 0 Å². The Morgan fingerprint density at radius 3 is 2.78 bits per heavy atom. The first-order valence-electron chi connectivity index (χ1n) is 5.86. The Morgan fingerprint density at radius 1 is 1.67 bits per heavy atom. The molecule has 18 heavy (non-hydrogen) atoms. The smallest absolute Gasteiger partial charge is 0.225 e. The maximum Gasteiger partial charge on any atom is 0.225 e. The monoisotopic (exact) mass is 258 g/mol. The van der Waals surface area contributed by atoms with Gasteiger partial charge in [0.2, 0.25) is 5.91 Å². The molecule has 0 radical (unpaired) electrons. The van der Waals surface area contributed by atoms with Crippen LogP contribution in [0.15, 0.2) is 4.99 Å². The summed E-state index contributed by atoms with van der Waals surface area (Å²) >= 11 is 0. The second-order valence-electron chi connectivity index (χ2n) is 4.90. The fraction of sp³-hybridized carbons (Fsp3) is 0.818. The van der Waals surface area contributed by atoms with Gasteiger partial charge < -0.3 is 25.4 Å². The average molecular weight is 258 g/mol. The zero-order valence-electron chi connectivity index (χ0n) is 10.3. The number of rotatable bonds is 4. The van der Waals surface area contributed by atoms with Crippen LogP contribution < -0.4 is 5.73 Å². The van der Waals surface area contributed by atoms with Crippen molar-refractivity contribution in [3.8, 4) is 0 Å². The van der Waals surface area contributed by atoms with Crippen LogP contribution in [0.4, 0.5) is 0 Å². The number of aliphatic hydroxyl groups excluding tert-OH is 1. The van der Waals surface area contributed by atoms with E-state index in [-0.39, 0.29) is 12.5 Å². The standard InChI is InChI=1S/C11H18N2O5/c1-5(9(12)15)3-13-10-8-7(6(4-14)17-10)11(2,16)18-8/h3,5-8,10,14,16H,4H2,1-2H3,(H2,12,15). The lowest BCUT2D eigenvalue weighted by Gasteiger charge is -2.46. The summed E-state index contributed by atoms with van der Waals surface area (Å²) < 4.78 is 10.8. The fourth-order valence-corrected chi connectivity index (χ4v) is 2.36. The van der Waals surface area contributed by atoms with Crippen molar-refractivity contribution < 1.29 is 24.5 Å². The van der Waals surface area contributed by atoms with Gasteiger partial charge in [-0.15, -0.1) is 0 Å². The Kier molecular flexibility index (Phi) is 3.41. The van der Waals surface area contributed by atoms with Crippen molar-refractivity contribution >= 4 is 12.1 Å². The molecular formula is C11H18N2O5. The van der Waals surface area contributed by atoms with E-state index in [2.05, 4.69) is 4.99 Å². The zero-order chi connectivity index (χ0) is 13.5. The molecule has 7 nitrogen and oxygen atoms in total. The molecule has 0 bridgehead atoms. The van der Waals surface area contributed by atoms with Crippen molar-refractivity contribution in [1.29, 1.82) is 0 Å². The van der Waals surface area contributed by atoms with Gasteiger partial charge in [-0.2, -0.15) is 0 Å². The lowest BCUT2D eigenvalue weighted by molar-refractivity contribution is -0.350. The van der Waals surface area contributed by atoms with Crippen molar-refractivity contribution in [3.05, 3.63) is 0 Å². The number of aliphatic imine (C=N–C) groups is 1. The Labute approximate surface area is 105 Å². The van der Waals surface area contributed by atoms with E-state index in [1.54, 1.807) is 6.92 Å². The molecule has 6 unspecified atom stereocenters. The molecule has 102 valence electrons. The van der Waals surface area contributed by atoms with Crippen LogP contribution in [-0.4, -0.2) is 53.2 Å². The SMILES string of the molecule is CC(C=NC1OC(CO)C2C1OC2(C)O)C(N)=O. The summed E-state index contributed by atoms with van der Waals surface area (Å²) in [5, 5.41) is 19.0. The van der Waals surface area contributed by atoms with Crippen LogP contribution in [0, 0.1) is 11.8 Å². The normalized spacial score (nSPS) is 44.7. The first kappa shape index (κ1) is 13.4. The van der Waals surface area contributed by atoms with Crippen molar-refractivity contribution in [1.82, 2.24) is 0 Å². The second kappa shape index (κ2) is 4.58. The predicted molar refractivity (Wildman–Crippen MR) is 61.6 cm³/mol. The number of nitrogens with two attached hydrogens (primary N) is 1. The van der Waals surface area contributed by atoms with Gasteiger partial charge in [0.25, 0.3) is 0 Å². The van der Waals surface area contributed by atoms with Crippen molar-refractivity contribution in [2.75, 3.05) is 6.61 Å².